The summed E-state index contributed by atoms with van der Waals surface area (Å²) in [6.07, 6.45) is 2.34. The van der Waals surface area contributed by atoms with Crippen molar-refractivity contribution >= 4 is 5.97 Å². The number of carbonyl (C=O) groups excluding carboxylic acids is 1. The van der Waals surface area contributed by atoms with E-state index in [0.29, 0.717) is 23.8 Å². The van der Waals surface area contributed by atoms with Crippen molar-refractivity contribution in [3.63, 3.8) is 0 Å². The number of hydrogen-bond donors (Lipinski definition) is 0. The maximum Gasteiger partial charge on any atom is 0.384 e. The summed E-state index contributed by atoms with van der Waals surface area (Å²) in [5, 5.41) is 0. The summed E-state index contributed by atoms with van der Waals surface area (Å²) in [6.45, 7) is 0.610. The van der Waals surface area contributed by atoms with Gasteiger partial charge < -0.3 is 9.47 Å². The molecule has 2 rings (SSSR count). The largest absolute Gasteiger partial charge is 0.492 e. The van der Waals surface area contributed by atoms with E-state index in [2.05, 4.69) is 16.6 Å². The van der Waals surface area contributed by atoms with Gasteiger partial charge in [0.15, 0.2) is 0 Å². The smallest absolute Gasteiger partial charge is 0.384 e. The Morgan fingerprint density at radius 1 is 1.50 bits per heavy atom. The summed E-state index contributed by atoms with van der Waals surface area (Å²) in [6, 6.07) is 4.09. The Morgan fingerprint density at radius 3 is 2.94 bits per heavy atom. The van der Waals surface area contributed by atoms with Crippen LogP contribution in [0.15, 0.2) is 18.2 Å². The van der Waals surface area contributed by atoms with Crippen molar-refractivity contribution in [2.75, 3.05) is 13.7 Å². The van der Waals surface area contributed by atoms with Crippen molar-refractivity contribution < 1.29 is 18.7 Å². The number of carbonyl (C=O) groups is 1. The van der Waals surface area contributed by atoms with E-state index in [4.69, 9.17) is 4.74 Å². The van der Waals surface area contributed by atoms with E-state index in [0.717, 1.165) is 0 Å². The first kappa shape index (κ1) is 12.4. The van der Waals surface area contributed by atoms with E-state index >= 15 is 0 Å². The predicted molar refractivity (Wildman–Crippen MR) is 63.5 cm³/mol. The molecule has 94 valence electrons. The first-order valence-corrected chi connectivity index (χ1v) is 5.71. The molecule has 1 saturated carbocycles. The fraction of sp³-hybridized carbons (Fsp3) is 0.357. The zero-order valence-corrected chi connectivity index (χ0v) is 10.0. The average Bonchev–Trinajstić information content (AvgIpc) is 3.18. The molecule has 0 atom stereocenters. The van der Waals surface area contributed by atoms with E-state index in [1.807, 2.05) is 0 Å². The number of methoxy groups -OCH3 is 1. The van der Waals surface area contributed by atoms with Gasteiger partial charge >= 0.3 is 5.97 Å². The van der Waals surface area contributed by atoms with E-state index in [-0.39, 0.29) is 0 Å². The summed E-state index contributed by atoms with van der Waals surface area (Å²) in [5.41, 5.74) is 0.362. The van der Waals surface area contributed by atoms with Crippen molar-refractivity contribution in [3.8, 4) is 17.6 Å². The van der Waals surface area contributed by atoms with Gasteiger partial charge in [-0.05, 0) is 37.0 Å². The van der Waals surface area contributed by atoms with Crippen molar-refractivity contribution in [3.05, 3.63) is 29.6 Å². The zero-order valence-electron chi connectivity index (χ0n) is 10.0. The molecule has 0 unspecified atom stereocenters. The Balaban J connectivity index is 2.15. The number of halogens is 1. The molecule has 0 aliphatic heterocycles. The third-order valence-electron chi connectivity index (χ3n) is 2.60. The Labute approximate surface area is 105 Å². The fourth-order valence-corrected chi connectivity index (χ4v) is 1.39. The topological polar surface area (TPSA) is 35.5 Å². The number of ether oxygens (including phenoxy) is 2. The molecule has 1 aliphatic carbocycles. The molecule has 1 aromatic rings. The lowest BCUT2D eigenvalue weighted by Crippen LogP contribution is -2.01. The highest BCUT2D eigenvalue weighted by Gasteiger charge is 2.22. The number of benzene rings is 1. The second-order valence-corrected chi connectivity index (χ2v) is 4.14. The van der Waals surface area contributed by atoms with Crippen molar-refractivity contribution in [2.45, 2.75) is 12.8 Å². The highest BCUT2D eigenvalue weighted by atomic mass is 19.1. The summed E-state index contributed by atoms with van der Waals surface area (Å²) in [4.78, 5) is 10.9. The Kier molecular flexibility index (Phi) is 3.83. The van der Waals surface area contributed by atoms with E-state index in [1.54, 1.807) is 0 Å². The standard InChI is InChI=1S/C14H13FO3/c1-17-14(16)7-4-11-8-12(15)5-6-13(11)18-9-10-2-3-10/h5-6,8,10H,2-3,9H2,1H3. The van der Waals surface area contributed by atoms with Crippen LogP contribution in [0.5, 0.6) is 5.75 Å². The van der Waals surface area contributed by atoms with Gasteiger partial charge in [-0.2, -0.15) is 0 Å². The summed E-state index contributed by atoms with van der Waals surface area (Å²) in [7, 11) is 1.24. The lowest BCUT2D eigenvalue weighted by atomic mass is 10.2. The second kappa shape index (κ2) is 5.54. The first-order valence-electron chi connectivity index (χ1n) is 5.71. The third kappa shape index (κ3) is 3.49. The lowest BCUT2D eigenvalue weighted by Gasteiger charge is -2.07. The van der Waals surface area contributed by atoms with Crippen LogP contribution in [-0.2, 0) is 9.53 Å². The fourth-order valence-electron chi connectivity index (χ4n) is 1.39. The van der Waals surface area contributed by atoms with Crippen LogP contribution in [-0.4, -0.2) is 19.7 Å². The maximum absolute atomic E-state index is 13.1. The van der Waals surface area contributed by atoms with Crippen LogP contribution in [0, 0.1) is 23.6 Å². The Morgan fingerprint density at radius 2 is 2.28 bits per heavy atom. The minimum atomic E-state index is -0.660. The molecule has 4 heteroatoms. The normalized spacial score (nSPS) is 13.4. The molecule has 18 heavy (non-hydrogen) atoms. The minimum Gasteiger partial charge on any atom is -0.492 e. The average molecular weight is 248 g/mol. The SMILES string of the molecule is COC(=O)C#Cc1cc(F)ccc1OCC1CC1. The van der Waals surface area contributed by atoms with Gasteiger partial charge in [0.2, 0.25) is 0 Å². The molecule has 1 fully saturated rings. The molecular formula is C14H13FO3. The van der Waals surface area contributed by atoms with Gasteiger partial charge in [0.1, 0.15) is 11.6 Å². The predicted octanol–water partition coefficient (Wildman–Crippen LogP) is 2.14. The molecule has 0 N–H and O–H groups in total. The van der Waals surface area contributed by atoms with Gasteiger partial charge in [-0.1, -0.05) is 5.92 Å². The summed E-state index contributed by atoms with van der Waals surface area (Å²) in [5.74, 6) is 4.84. The molecule has 0 heterocycles. The van der Waals surface area contributed by atoms with Crippen LogP contribution in [0.1, 0.15) is 18.4 Å². The van der Waals surface area contributed by atoms with E-state index < -0.39 is 11.8 Å². The quantitative estimate of drug-likeness (QED) is 0.607. The Hall–Kier alpha value is -2.02. The minimum absolute atomic E-state index is 0.362. The van der Waals surface area contributed by atoms with Crippen LogP contribution in [0.25, 0.3) is 0 Å². The van der Waals surface area contributed by atoms with Gasteiger partial charge in [0.05, 0.1) is 19.3 Å². The molecule has 0 radical (unpaired) electrons. The van der Waals surface area contributed by atoms with Gasteiger partial charge in [-0.25, -0.2) is 9.18 Å². The number of hydrogen-bond acceptors (Lipinski definition) is 3. The van der Waals surface area contributed by atoms with Crippen LogP contribution in [0.4, 0.5) is 4.39 Å². The van der Waals surface area contributed by atoms with Crippen molar-refractivity contribution in [1.82, 2.24) is 0 Å². The van der Waals surface area contributed by atoms with Crippen LogP contribution in [0.3, 0.4) is 0 Å². The molecule has 1 aliphatic rings. The summed E-state index contributed by atoms with van der Waals surface area (Å²) >= 11 is 0. The first-order chi connectivity index (χ1) is 8.69. The van der Waals surface area contributed by atoms with Gasteiger partial charge in [0, 0.05) is 5.92 Å². The molecule has 0 aromatic heterocycles. The van der Waals surface area contributed by atoms with E-state index in [9.17, 15) is 9.18 Å². The number of rotatable bonds is 3. The van der Waals surface area contributed by atoms with Crippen molar-refractivity contribution in [1.29, 1.82) is 0 Å². The monoisotopic (exact) mass is 248 g/mol. The Bertz CT molecular complexity index is 510. The summed E-state index contributed by atoms with van der Waals surface area (Å²) < 4.78 is 23.1. The van der Waals surface area contributed by atoms with Crippen LogP contribution in [0.2, 0.25) is 0 Å². The van der Waals surface area contributed by atoms with Crippen LogP contribution >= 0.6 is 0 Å². The zero-order chi connectivity index (χ0) is 13.0. The van der Waals surface area contributed by atoms with Gasteiger partial charge in [-0.15, -0.1) is 0 Å². The molecular weight excluding hydrogens is 235 g/mol. The van der Waals surface area contributed by atoms with Gasteiger partial charge in [0.25, 0.3) is 0 Å². The van der Waals surface area contributed by atoms with Crippen LogP contribution < -0.4 is 4.74 Å². The third-order valence-corrected chi connectivity index (χ3v) is 2.60. The highest BCUT2D eigenvalue weighted by molar-refractivity contribution is 5.89. The van der Waals surface area contributed by atoms with E-state index in [1.165, 1.54) is 38.2 Å². The lowest BCUT2D eigenvalue weighted by molar-refractivity contribution is -0.133. The highest BCUT2D eigenvalue weighted by Crippen LogP contribution is 2.30. The molecule has 1 aromatic carbocycles. The maximum atomic E-state index is 13.1. The molecule has 3 nitrogen and oxygen atoms in total. The molecule has 0 spiro atoms. The molecule has 0 bridgehead atoms. The number of esters is 1. The molecule has 0 amide bonds. The second-order valence-electron chi connectivity index (χ2n) is 4.14. The van der Waals surface area contributed by atoms with Crippen molar-refractivity contribution in [2.24, 2.45) is 5.92 Å². The molecule has 0 saturated heterocycles. The van der Waals surface area contributed by atoms with Gasteiger partial charge in [-0.3, -0.25) is 0 Å².